The molecule has 8 nitrogen and oxygen atoms in total. The SMILES string of the molecule is COc1ccccc1NS(=O)(=O)c1ccc2oc(=S)n(C[NH+]3CCN(c4ccc(F)cc4)CC3)c2c1. The van der Waals surface area contributed by atoms with Crippen LogP contribution in [0.3, 0.4) is 0 Å². The molecule has 11 heteroatoms. The molecule has 0 spiro atoms. The van der Waals surface area contributed by atoms with E-state index in [4.69, 9.17) is 21.4 Å². The van der Waals surface area contributed by atoms with Crippen molar-refractivity contribution in [3.63, 3.8) is 0 Å². The predicted octanol–water partition coefficient (Wildman–Crippen LogP) is 3.27. The molecule has 1 fully saturated rings. The minimum Gasteiger partial charge on any atom is -0.495 e. The standard InChI is InChI=1S/C25H25FN4O4S2/c1-33-23-5-3-2-4-21(23)27-36(31,32)20-10-11-24-22(16-20)30(25(35)34-24)17-28-12-14-29(15-13-28)19-8-6-18(26)7-9-19/h2-11,16,27H,12-15,17H2,1H3/p+1. The third-order valence-corrected chi connectivity index (χ3v) is 8.01. The van der Waals surface area contributed by atoms with E-state index in [1.807, 2.05) is 4.57 Å². The number of aromatic nitrogens is 1. The fraction of sp³-hybridized carbons (Fsp3) is 0.240. The van der Waals surface area contributed by atoms with Crippen molar-refractivity contribution in [2.24, 2.45) is 0 Å². The van der Waals surface area contributed by atoms with Crippen molar-refractivity contribution in [2.45, 2.75) is 11.6 Å². The molecule has 4 aromatic rings. The molecule has 188 valence electrons. The summed E-state index contributed by atoms with van der Waals surface area (Å²) in [5, 5.41) is 0. The first kappa shape index (κ1) is 24.3. The largest absolute Gasteiger partial charge is 0.495 e. The maximum absolute atomic E-state index is 13.2. The van der Waals surface area contributed by atoms with E-state index in [0.29, 0.717) is 34.0 Å². The first-order chi connectivity index (χ1) is 17.3. The molecule has 1 aliphatic rings. The van der Waals surface area contributed by atoms with Gasteiger partial charge in [0.1, 0.15) is 11.6 Å². The molecule has 2 heterocycles. The first-order valence-electron chi connectivity index (χ1n) is 11.5. The number of ether oxygens (including phenoxy) is 1. The van der Waals surface area contributed by atoms with Crippen LogP contribution < -0.4 is 19.3 Å². The van der Waals surface area contributed by atoms with Gasteiger partial charge in [-0.3, -0.25) is 9.29 Å². The lowest BCUT2D eigenvalue weighted by Crippen LogP contribution is -3.14. The second-order valence-corrected chi connectivity index (χ2v) is 10.6. The number of piperazine rings is 1. The highest BCUT2D eigenvalue weighted by atomic mass is 32.2. The predicted molar refractivity (Wildman–Crippen MR) is 138 cm³/mol. The van der Waals surface area contributed by atoms with Crippen LogP contribution >= 0.6 is 12.2 Å². The van der Waals surface area contributed by atoms with E-state index in [1.165, 1.54) is 30.2 Å². The van der Waals surface area contributed by atoms with Gasteiger partial charge in [-0.05, 0) is 66.8 Å². The van der Waals surface area contributed by atoms with Gasteiger partial charge in [0.25, 0.3) is 14.9 Å². The average molecular weight is 530 g/mol. The van der Waals surface area contributed by atoms with Gasteiger partial charge >= 0.3 is 0 Å². The third kappa shape index (κ3) is 4.95. The van der Waals surface area contributed by atoms with Crippen LogP contribution in [-0.2, 0) is 16.7 Å². The van der Waals surface area contributed by atoms with Crippen LogP contribution in [0, 0.1) is 10.7 Å². The zero-order chi connectivity index (χ0) is 25.3. The Kier molecular flexibility index (Phi) is 6.69. The Morgan fingerprint density at radius 3 is 2.53 bits per heavy atom. The quantitative estimate of drug-likeness (QED) is 0.358. The summed E-state index contributed by atoms with van der Waals surface area (Å²) in [6.45, 7) is 3.87. The molecule has 3 aromatic carbocycles. The molecule has 5 rings (SSSR count). The first-order valence-corrected chi connectivity index (χ1v) is 13.4. The summed E-state index contributed by atoms with van der Waals surface area (Å²) >= 11 is 5.46. The number of halogens is 1. The molecule has 1 aromatic heterocycles. The molecule has 0 unspecified atom stereocenters. The van der Waals surface area contributed by atoms with E-state index in [1.54, 1.807) is 48.5 Å². The van der Waals surface area contributed by atoms with Crippen LogP contribution in [0.4, 0.5) is 15.8 Å². The normalized spacial score (nSPS) is 14.8. The molecule has 2 N–H and O–H groups in total. The minimum atomic E-state index is -3.88. The van der Waals surface area contributed by atoms with Crippen LogP contribution in [0.2, 0.25) is 0 Å². The molecule has 0 amide bonds. The summed E-state index contributed by atoms with van der Waals surface area (Å²) in [7, 11) is -2.39. The lowest BCUT2D eigenvalue weighted by atomic mass is 10.2. The number of quaternary nitrogens is 1. The number of anilines is 2. The molecule has 0 saturated carbocycles. The lowest BCUT2D eigenvalue weighted by Gasteiger charge is -2.33. The molecule has 0 bridgehead atoms. The number of benzene rings is 3. The third-order valence-electron chi connectivity index (χ3n) is 6.34. The molecule has 0 aliphatic carbocycles. The molecular weight excluding hydrogens is 503 g/mol. The highest BCUT2D eigenvalue weighted by Crippen LogP contribution is 2.28. The Bertz CT molecular complexity index is 1540. The fourth-order valence-corrected chi connectivity index (χ4v) is 5.75. The number of fused-ring (bicyclic) bond motifs is 1. The molecule has 1 saturated heterocycles. The number of rotatable bonds is 7. The van der Waals surface area contributed by atoms with E-state index in [9.17, 15) is 12.8 Å². The van der Waals surface area contributed by atoms with Gasteiger partial charge in [-0.15, -0.1) is 0 Å². The van der Waals surface area contributed by atoms with Crippen LogP contribution in [0.15, 0.2) is 76.0 Å². The number of sulfonamides is 1. The molecular formula is C25H26FN4O4S2+. The lowest BCUT2D eigenvalue weighted by molar-refractivity contribution is -0.923. The summed E-state index contributed by atoms with van der Waals surface area (Å²) in [6, 6.07) is 18.1. The number of oxazole rings is 1. The number of nitrogens with one attached hydrogen (secondary N) is 2. The molecule has 0 radical (unpaired) electrons. The summed E-state index contributed by atoms with van der Waals surface area (Å²) in [6.07, 6.45) is 0. The zero-order valence-corrected chi connectivity index (χ0v) is 21.2. The number of para-hydroxylation sites is 2. The average Bonchev–Trinajstić information content (AvgIpc) is 3.19. The smallest absolute Gasteiger partial charge is 0.274 e. The van der Waals surface area contributed by atoms with Crippen molar-refractivity contribution >= 4 is 44.7 Å². The number of hydrogen-bond acceptors (Lipinski definition) is 6. The topological polar surface area (TPSA) is 81.1 Å². The Morgan fingerprint density at radius 2 is 1.81 bits per heavy atom. The molecule has 0 atom stereocenters. The van der Waals surface area contributed by atoms with E-state index >= 15 is 0 Å². The maximum atomic E-state index is 13.2. The Hall–Kier alpha value is -3.41. The number of methoxy groups -OCH3 is 1. The Morgan fingerprint density at radius 1 is 1.08 bits per heavy atom. The van der Waals surface area contributed by atoms with Gasteiger partial charge < -0.3 is 19.0 Å². The Balaban J connectivity index is 1.35. The van der Waals surface area contributed by atoms with Crippen LogP contribution in [0.5, 0.6) is 5.75 Å². The van der Waals surface area contributed by atoms with E-state index < -0.39 is 10.0 Å². The monoisotopic (exact) mass is 529 g/mol. The van der Waals surface area contributed by atoms with Gasteiger partial charge in [0.2, 0.25) is 0 Å². The number of hydrogen-bond donors (Lipinski definition) is 2. The van der Waals surface area contributed by atoms with Gasteiger partial charge in [-0.1, -0.05) is 12.1 Å². The van der Waals surface area contributed by atoms with Gasteiger partial charge in [0.15, 0.2) is 12.3 Å². The second kappa shape index (κ2) is 9.92. The van der Waals surface area contributed by atoms with Crippen molar-refractivity contribution in [1.29, 1.82) is 0 Å². The summed E-state index contributed by atoms with van der Waals surface area (Å²) < 4.78 is 55.0. The van der Waals surface area contributed by atoms with Crippen molar-refractivity contribution in [1.82, 2.24) is 4.57 Å². The highest BCUT2D eigenvalue weighted by Gasteiger charge is 2.23. The number of nitrogens with zero attached hydrogens (tertiary/aromatic N) is 2. The van der Waals surface area contributed by atoms with Gasteiger partial charge in [-0.25, -0.2) is 12.8 Å². The van der Waals surface area contributed by atoms with Crippen molar-refractivity contribution in [3.05, 3.63) is 77.4 Å². The highest BCUT2D eigenvalue weighted by molar-refractivity contribution is 7.92. The summed E-state index contributed by atoms with van der Waals surface area (Å²) in [4.78, 5) is 3.91. The van der Waals surface area contributed by atoms with Crippen LogP contribution in [0.1, 0.15) is 0 Å². The van der Waals surface area contributed by atoms with Gasteiger partial charge in [0.05, 0.1) is 49.4 Å². The molecule has 36 heavy (non-hydrogen) atoms. The van der Waals surface area contributed by atoms with Gasteiger partial charge in [0, 0.05) is 5.69 Å². The van der Waals surface area contributed by atoms with E-state index in [0.717, 1.165) is 31.9 Å². The van der Waals surface area contributed by atoms with Crippen molar-refractivity contribution in [3.8, 4) is 5.75 Å². The van der Waals surface area contributed by atoms with Crippen LogP contribution in [0.25, 0.3) is 11.1 Å². The molecule has 1 aliphatic heterocycles. The van der Waals surface area contributed by atoms with E-state index in [2.05, 4.69) is 9.62 Å². The van der Waals surface area contributed by atoms with Crippen LogP contribution in [-0.4, -0.2) is 46.3 Å². The van der Waals surface area contributed by atoms with Gasteiger partial charge in [-0.2, -0.15) is 0 Å². The minimum absolute atomic E-state index is 0.0987. The second-order valence-electron chi connectivity index (χ2n) is 8.60. The Labute approximate surface area is 213 Å². The zero-order valence-electron chi connectivity index (χ0n) is 19.6. The maximum Gasteiger partial charge on any atom is 0.274 e. The summed E-state index contributed by atoms with van der Waals surface area (Å²) in [5.74, 6) is 0.181. The summed E-state index contributed by atoms with van der Waals surface area (Å²) in [5.41, 5.74) is 2.50. The fourth-order valence-electron chi connectivity index (χ4n) is 4.41. The van der Waals surface area contributed by atoms with Crippen molar-refractivity contribution in [2.75, 3.05) is 42.9 Å². The van der Waals surface area contributed by atoms with Crippen molar-refractivity contribution < 1.29 is 26.9 Å². The van der Waals surface area contributed by atoms with E-state index in [-0.39, 0.29) is 10.7 Å².